The number of aryl methyl sites for hydroxylation is 1. The fraction of sp³-hybridized carbons (Fsp3) is 0.310. The summed E-state index contributed by atoms with van der Waals surface area (Å²) in [6.45, 7) is 5.01. The Balaban J connectivity index is 1.82. The number of thioether (sulfide) groups is 1. The highest BCUT2D eigenvalue weighted by molar-refractivity contribution is 7.99. The molecule has 0 spiro atoms. The molecule has 0 aliphatic carbocycles. The normalized spacial score (nSPS) is 11.6. The summed E-state index contributed by atoms with van der Waals surface area (Å²) in [5, 5.41) is 3.65. The van der Waals surface area contributed by atoms with Crippen LogP contribution in [-0.2, 0) is 28.3 Å². The molecule has 0 bridgehead atoms. The van der Waals surface area contributed by atoms with Crippen molar-refractivity contribution in [1.29, 1.82) is 0 Å². The molecule has 0 saturated heterocycles. The van der Waals surface area contributed by atoms with Crippen LogP contribution in [0.4, 0.5) is 0 Å². The zero-order chi connectivity index (χ0) is 25.0. The summed E-state index contributed by atoms with van der Waals surface area (Å²) in [7, 11) is 0. The van der Waals surface area contributed by atoms with Crippen LogP contribution < -0.4 is 5.32 Å². The molecule has 0 saturated carbocycles. The summed E-state index contributed by atoms with van der Waals surface area (Å²) in [5.74, 6) is 0.869. The molecule has 3 aromatic carbocycles. The fourth-order valence-corrected chi connectivity index (χ4v) is 4.83. The zero-order valence-corrected chi connectivity index (χ0v) is 21.9. The van der Waals surface area contributed by atoms with E-state index in [0.717, 1.165) is 23.3 Å². The molecule has 0 aliphatic rings. The lowest BCUT2D eigenvalue weighted by molar-refractivity contribution is -0.139. The largest absolute Gasteiger partial charge is 0.354 e. The van der Waals surface area contributed by atoms with Crippen LogP contribution in [0.1, 0.15) is 35.6 Å². The van der Waals surface area contributed by atoms with Crippen LogP contribution in [0.2, 0.25) is 5.02 Å². The number of amides is 2. The van der Waals surface area contributed by atoms with E-state index >= 15 is 0 Å². The van der Waals surface area contributed by atoms with Crippen molar-refractivity contribution in [1.82, 2.24) is 10.2 Å². The molecule has 1 unspecified atom stereocenters. The van der Waals surface area contributed by atoms with Crippen molar-refractivity contribution in [2.45, 2.75) is 45.0 Å². The van der Waals surface area contributed by atoms with Gasteiger partial charge in [0.25, 0.3) is 0 Å². The minimum atomic E-state index is -0.605. The predicted octanol–water partition coefficient (Wildman–Crippen LogP) is 6.05. The molecule has 1 N–H and O–H groups in total. The quantitative estimate of drug-likeness (QED) is 0.324. The van der Waals surface area contributed by atoms with Crippen molar-refractivity contribution < 1.29 is 9.59 Å². The van der Waals surface area contributed by atoms with E-state index < -0.39 is 6.04 Å². The molecule has 4 nitrogen and oxygen atoms in total. The van der Waals surface area contributed by atoms with E-state index in [2.05, 4.69) is 30.4 Å². The molecule has 3 aromatic rings. The van der Waals surface area contributed by atoms with Crippen LogP contribution in [0.25, 0.3) is 0 Å². The van der Waals surface area contributed by atoms with Crippen molar-refractivity contribution in [3.8, 4) is 0 Å². The van der Waals surface area contributed by atoms with E-state index in [0.29, 0.717) is 30.3 Å². The number of rotatable bonds is 12. The molecular formula is C29H33ClN2O2S. The molecule has 2 amide bonds. The van der Waals surface area contributed by atoms with Gasteiger partial charge in [-0.3, -0.25) is 9.59 Å². The highest BCUT2D eigenvalue weighted by atomic mass is 35.5. The van der Waals surface area contributed by atoms with E-state index in [1.165, 1.54) is 11.1 Å². The summed E-state index contributed by atoms with van der Waals surface area (Å²) in [6.07, 6.45) is 1.29. The average molecular weight is 509 g/mol. The van der Waals surface area contributed by atoms with Crippen LogP contribution in [0.5, 0.6) is 0 Å². The van der Waals surface area contributed by atoms with Gasteiger partial charge in [0, 0.05) is 30.3 Å². The Bertz CT molecular complexity index is 1090. The topological polar surface area (TPSA) is 49.4 Å². The number of hydrogen-bond donors (Lipinski definition) is 1. The second kappa shape index (κ2) is 14.0. The Morgan fingerprint density at radius 2 is 1.66 bits per heavy atom. The van der Waals surface area contributed by atoms with Gasteiger partial charge in [0.05, 0.1) is 5.75 Å². The van der Waals surface area contributed by atoms with E-state index in [9.17, 15) is 9.59 Å². The van der Waals surface area contributed by atoms with Crippen molar-refractivity contribution in [2.24, 2.45) is 0 Å². The molecule has 0 fully saturated rings. The van der Waals surface area contributed by atoms with Gasteiger partial charge >= 0.3 is 0 Å². The molecule has 1 atom stereocenters. The third-order valence-electron chi connectivity index (χ3n) is 5.66. The molecule has 0 aromatic heterocycles. The fourth-order valence-electron chi connectivity index (χ4n) is 3.85. The molecule has 0 radical (unpaired) electrons. The van der Waals surface area contributed by atoms with Crippen LogP contribution in [0, 0.1) is 6.92 Å². The third-order valence-corrected chi connectivity index (χ3v) is 6.90. The van der Waals surface area contributed by atoms with Gasteiger partial charge in [0.1, 0.15) is 6.04 Å². The summed E-state index contributed by atoms with van der Waals surface area (Å²) < 4.78 is 0. The number of hydrogen-bond acceptors (Lipinski definition) is 3. The molecule has 6 heteroatoms. The van der Waals surface area contributed by atoms with Gasteiger partial charge in [-0.25, -0.2) is 0 Å². The predicted molar refractivity (Wildman–Crippen MR) is 147 cm³/mol. The summed E-state index contributed by atoms with van der Waals surface area (Å²) in [6, 6.07) is 25.0. The maximum absolute atomic E-state index is 13.6. The van der Waals surface area contributed by atoms with Gasteiger partial charge in [-0.2, -0.15) is 0 Å². The molecular weight excluding hydrogens is 476 g/mol. The number of nitrogens with zero attached hydrogens (tertiary/aromatic N) is 1. The van der Waals surface area contributed by atoms with Gasteiger partial charge in [-0.15, -0.1) is 11.8 Å². The first-order valence-corrected chi connectivity index (χ1v) is 13.5. The van der Waals surface area contributed by atoms with Crippen molar-refractivity contribution in [3.63, 3.8) is 0 Å². The second-order valence-electron chi connectivity index (χ2n) is 8.63. The highest BCUT2D eigenvalue weighted by Gasteiger charge is 2.30. The molecule has 184 valence electrons. The highest BCUT2D eigenvalue weighted by Crippen LogP contribution is 2.20. The van der Waals surface area contributed by atoms with Crippen LogP contribution in [0.3, 0.4) is 0 Å². The smallest absolute Gasteiger partial charge is 0.243 e. The van der Waals surface area contributed by atoms with Gasteiger partial charge in [-0.05, 0) is 42.2 Å². The number of halogens is 1. The van der Waals surface area contributed by atoms with Gasteiger partial charge < -0.3 is 10.2 Å². The number of carbonyl (C=O) groups is 2. The summed E-state index contributed by atoms with van der Waals surface area (Å²) >= 11 is 7.65. The number of carbonyl (C=O) groups excluding carboxylic acids is 2. The molecule has 0 aliphatic heterocycles. The van der Waals surface area contributed by atoms with Gasteiger partial charge in [0.2, 0.25) is 11.8 Å². The lowest BCUT2D eigenvalue weighted by atomic mass is 10.0. The maximum Gasteiger partial charge on any atom is 0.243 e. The Labute approximate surface area is 218 Å². The SMILES string of the molecule is CCCNC(=O)C(Cc1ccccc1)N(Cc1ccc(Cl)cc1)C(=O)CSCc1cccc(C)c1. The lowest BCUT2D eigenvalue weighted by Crippen LogP contribution is -2.51. The Hall–Kier alpha value is -2.76. The van der Waals surface area contributed by atoms with E-state index in [1.807, 2.05) is 67.6 Å². The van der Waals surface area contributed by atoms with Gasteiger partial charge in [0.15, 0.2) is 0 Å². The number of benzene rings is 3. The third kappa shape index (κ3) is 8.75. The molecule has 3 rings (SSSR count). The molecule has 0 heterocycles. The number of nitrogens with one attached hydrogen (secondary N) is 1. The van der Waals surface area contributed by atoms with E-state index in [-0.39, 0.29) is 11.8 Å². The second-order valence-corrected chi connectivity index (χ2v) is 10.0. The first kappa shape index (κ1) is 26.8. The lowest BCUT2D eigenvalue weighted by Gasteiger charge is -2.31. The Kier molecular flexibility index (Phi) is 10.7. The maximum atomic E-state index is 13.6. The van der Waals surface area contributed by atoms with Crippen LogP contribution in [-0.4, -0.2) is 35.1 Å². The minimum Gasteiger partial charge on any atom is -0.354 e. The summed E-state index contributed by atoms with van der Waals surface area (Å²) in [4.78, 5) is 28.6. The summed E-state index contributed by atoms with van der Waals surface area (Å²) in [5.41, 5.74) is 4.35. The average Bonchev–Trinajstić information content (AvgIpc) is 2.86. The minimum absolute atomic E-state index is 0.0508. The first-order valence-electron chi connectivity index (χ1n) is 11.9. The first-order chi connectivity index (χ1) is 17.0. The van der Waals surface area contributed by atoms with Crippen molar-refractivity contribution >= 4 is 35.2 Å². The van der Waals surface area contributed by atoms with Crippen LogP contribution in [0.15, 0.2) is 78.9 Å². The van der Waals surface area contributed by atoms with E-state index in [1.54, 1.807) is 16.7 Å². The Morgan fingerprint density at radius 1 is 0.943 bits per heavy atom. The van der Waals surface area contributed by atoms with Crippen LogP contribution >= 0.6 is 23.4 Å². The standard InChI is InChI=1S/C29H33ClN2O2S/c1-3-16-31-29(34)27(18-23-9-5-4-6-10-23)32(19-24-12-14-26(30)15-13-24)28(33)21-35-20-25-11-7-8-22(2)17-25/h4-15,17,27H,3,16,18-21H2,1-2H3,(H,31,34). The molecule has 35 heavy (non-hydrogen) atoms. The zero-order valence-electron chi connectivity index (χ0n) is 20.4. The Morgan fingerprint density at radius 3 is 2.34 bits per heavy atom. The van der Waals surface area contributed by atoms with Crippen molar-refractivity contribution in [2.75, 3.05) is 12.3 Å². The van der Waals surface area contributed by atoms with E-state index in [4.69, 9.17) is 11.6 Å². The van der Waals surface area contributed by atoms with Crippen molar-refractivity contribution in [3.05, 3.63) is 106 Å². The van der Waals surface area contributed by atoms with Gasteiger partial charge in [-0.1, -0.05) is 90.8 Å². The monoisotopic (exact) mass is 508 g/mol.